The topological polar surface area (TPSA) is 116 Å². The monoisotopic (exact) mass is 433 g/mol. The molecular formula is C25H23NO6. The molecular weight excluding hydrogens is 410 g/mol. The molecule has 32 heavy (non-hydrogen) atoms. The van der Waals surface area contributed by atoms with Crippen molar-refractivity contribution in [3.63, 3.8) is 0 Å². The summed E-state index contributed by atoms with van der Waals surface area (Å²) in [5.74, 6) is -1.41. The van der Waals surface area contributed by atoms with Gasteiger partial charge in [0.15, 0.2) is 0 Å². The van der Waals surface area contributed by atoms with Crippen LogP contribution in [0.3, 0.4) is 0 Å². The molecule has 1 aliphatic rings. The Bertz CT molecular complexity index is 1110. The van der Waals surface area contributed by atoms with E-state index < -0.39 is 18.1 Å². The van der Waals surface area contributed by atoms with Crippen LogP contribution in [0.2, 0.25) is 0 Å². The highest BCUT2D eigenvalue weighted by atomic mass is 16.5. The van der Waals surface area contributed by atoms with Crippen molar-refractivity contribution in [2.24, 2.45) is 0 Å². The SMILES string of the molecule is O=C(N[C@H](Cc1ccc(O)c(CO)c1)C(=O)O)OCC1c2ccccc2-c2ccccc21. The molecule has 0 unspecified atom stereocenters. The quantitative estimate of drug-likeness (QED) is 0.454. The molecule has 3 aromatic carbocycles. The van der Waals surface area contributed by atoms with Crippen LogP contribution in [0.1, 0.15) is 28.2 Å². The number of carbonyl (C=O) groups excluding carboxylic acids is 1. The average Bonchev–Trinajstić information content (AvgIpc) is 3.12. The van der Waals surface area contributed by atoms with E-state index >= 15 is 0 Å². The molecule has 0 aromatic heterocycles. The maximum Gasteiger partial charge on any atom is 0.407 e. The van der Waals surface area contributed by atoms with E-state index in [0.29, 0.717) is 5.56 Å². The number of amides is 1. The predicted octanol–water partition coefficient (Wildman–Crippen LogP) is 3.42. The number of nitrogens with one attached hydrogen (secondary N) is 1. The first kappa shape index (κ1) is 21.4. The minimum Gasteiger partial charge on any atom is -0.508 e. The zero-order chi connectivity index (χ0) is 22.7. The maximum absolute atomic E-state index is 12.4. The number of rotatable bonds is 7. The van der Waals surface area contributed by atoms with E-state index in [1.807, 2.05) is 48.5 Å². The van der Waals surface area contributed by atoms with Gasteiger partial charge in [0.2, 0.25) is 0 Å². The van der Waals surface area contributed by atoms with Gasteiger partial charge in [-0.3, -0.25) is 0 Å². The van der Waals surface area contributed by atoms with Crippen LogP contribution in [-0.2, 0) is 22.6 Å². The lowest BCUT2D eigenvalue weighted by Gasteiger charge is -2.18. The zero-order valence-corrected chi connectivity index (χ0v) is 17.2. The van der Waals surface area contributed by atoms with E-state index in [2.05, 4.69) is 5.32 Å². The van der Waals surface area contributed by atoms with Crippen LogP contribution in [0.5, 0.6) is 5.75 Å². The average molecular weight is 433 g/mol. The van der Waals surface area contributed by atoms with Crippen molar-refractivity contribution in [1.82, 2.24) is 5.32 Å². The maximum atomic E-state index is 12.4. The molecule has 0 saturated carbocycles. The molecule has 0 fully saturated rings. The van der Waals surface area contributed by atoms with Gasteiger partial charge in [0, 0.05) is 17.9 Å². The molecule has 7 nitrogen and oxygen atoms in total. The number of carboxylic acids is 1. The normalized spacial score (nSPS) is 13.2. The molecule has 4 rings (SSSR count). The lowest BCUT2D eigenvalue weighted by molar-refractivity contribution is -0.139. The molecule has 0 aliphatic heterocycles. The molecule has 0 radical (unpaired) electrons. The summed E-state index contributed by atoms with van der Waals surface area (Å²) in [4.78, 5) is 24.1. The molecule has 1 atom stereocenters. The second-order valence-corrected chi connectivity index (χ2v) is 7.69. The molecule has 1 aliphatic carbocycles. The molecule has 7 heteroatoms. The summed E-state index contributed by atoms with van der Waals surface area (Å²) < 4.78 is 5.43. The van der Waals surface area contributed by atoms with Crippen molar-refractivity contribution in [2.45, 2.75) is 25.0 Å². The summed E-state index contributed by atoms with van der Waals surface area (Å²) in [5, 5.41) is 30.9. The van der Waals surface area contributed by atoms with E-state index in [-0.39, 0.29) is 36.9 Å². The van der Waals surface area contributed by atoms with E-state index in [1.54, 1.807) is 6.07 Å². The van der Waals surface area contributed by atoms with E-state index in [0.717, 1.165) is 22.3 Å². The summed E-state index contributed by atoms with van der Waals surface area (Å²) in [6.45, 7) is -0.294. The molecule has 0 bridgehead atoms. The van der Waals surface area contributed by atoms with Crippen LogP contribution in [0.25, 0.3) is 11.1 Å². The number of phenols is 1. The number of alkyl carbamates (subject to hydrolysis) is 1. The smallest absolute Gasteiger partial charge is 0.407 e. The third kappa shape index (κ3) is 4.29. The number of carboxylic acid groups (broad SMARTS) is 1. The minimum absolute atomic E-state index is 0.0210. The highest BCUT2D eigenvalue weighted by Crippen LogP contribution is 2.44. The number of benzene rings is 3. The fraction of sp³-hybridized carbons (Fsp3) is 0.200. The van der Waals surface area contributed by atoms with Gasteiger partial charge in [-0.05, 0) is 39.9 Å². The van der Waals surface area contributed by atoms with Gasteiger partial charge in [-0.25, -0.2) is 9.59 Å². The predicted molar refractivity (Wildman–Crippen MR) is 117 cm³/mol. The number of aliphatic hydroxyl groups excluding tert-OH is 1. The van der Waals surface area contributed by atoms with Gasteiger partial charge in [0.1, 0.15) is 18.4 Å². The summed E-state index contributed by atoms with van der Waals surface area (Å²) in [5.41, 5.74) is 5.18. The van der Waals surface area contributed by atoms with Gasteiger partial charge < -0.3 is 25.4 Å². The van der Waals surface area contributed by atoms with Crippen LogP contribution in [-0.4, -0.2) is 40.0 Å². The molecule has 3 aromatic rings. The zero-order valence-electron chi connectivity index (χ0n) is 17.2. The molecule has 4 N–H and O–H groups in total. The fourth-order valence-corrected chi connectivity index (χ4v) is 4.11. The van der Waals surface area contributed by atoms with Gasteiger partial charge >= 0.3 is 12.1 Å². The lowest BCUT2D eigenvalue weighted by Crippen LogP contribution is -2.42. The number of carbonyl (C=O) groups is 2. The van der Waals surface area contributed by atoms with Crippen LogP contribution < -0.4 is 5.32 Å². The van der Waals surface area contributed by atoms with Crippen LogP contribution in [0, 0.1) is 0 Å². The van der Waals surface area contributed by atoms with Gasteiger partial charge in [-0.2, -0.15) is 0 Å². The van der Waals surface area contributed by atoms with Crippen molar-refractivity contribution in [2.75, 3.05) is 6.61 Å². The number of hydrogen-bond acceptors (Lipinski definition) is 5. The number of fused-ring (bicyclic) bond motifs is 3. The summed E-state index contributed by atoms with van der Waals surface area (Å²) >= 11 is 0. The summed E-state index contributed by atoms with van der Waals surface area (Å²) in [6.07, 6.45) is -0.840. The van der Waals surface area contributed by atoms with Crippen molar-refractivity contribution in [3.8, 4) is 16.9 Å². The van der Waals surface area contributed by atoms with E-state index in [1.165, 1.54) is 12.1 Å². The Morgan fingerprint density at radius 2 is 1.59 bits per heavy atom. The van der Waals surface area contributed by atoms with Gasteiger partial charge in [0.05, 0.1) is 6.61 Å². The molecule has 0 saturated heterocycles. The first-order chi connectivity index (χ1) is 15.5. The summed E-state index contributed by atoms with van der Waals surface area (Å²) in [7, 11) is 0. The van der Waals surface area contributed by atoms with Crippen LogP contribution in [0.4, 0.5) is 4.79 Å². The molecule has 0 spiro atoms. The Labute approximate surface area is 184 Å². The third-order valence-electron chi connectivity index (χ3n) is 5.69. The Balaban J connectivity index is 1.43. The largest absolute Gasteiger partial charge is 0.508 e. The first-order valence-corrected chi connectivity index (χ1v) is 10.2. The molecule has 1 amide bonds. The second-order valence-electron chi connectivity index (χ2n) is 7.69. The van der Waals surface area contributed by atoms with Gasteiger partial charge in [-0.1, -0.05) is 54.6 Å². The van der Waals surface area contributed by atoms with E-state index in [9.17, 15) is 24.9 Å². The minimum atomic E-state index is -1.22. The number of aliphatic hydroxyl groups is 1. The van der Waals surface area contributed by atoms with Gasteiger partial charge in [0.25, 0.3) is 0 Å². The number of ether oxygens (including phenoxy) is 1. The van der Waals surface area contributed by atoms with E-state index in [4.69, 9.17) is 4.74 Å². The standard InChI is InChI=1S/C25H23NO6/c27-13-16-11-15(9-10-23(16)28)12-22(24(29)30)26-25(31)32-14-21-19-7-3-1-5-17(19)18-6-2-4-8-20(18)21/h1-11,21-22,27-28H,12-14H2,(H,26,31)(H,29,30)/t22-/m1/s1. The second kappa shape index (κ2) is 9.11. The Hall–Kier alpha value is -3.84. The Morgan fingerprint density at radius 1 is 0.969 bits per heavy atom. The molecule has 0 heterocycles. The number of hydrogen-bond donors (Lipinski definition) is 4. The highest BCUT2D eigenvalue weighted by Gasteiger charge is 2.29. The van der Waals surface area contributed by atoms with Crippen molar-refractivity contribution in [1.29, 1.82) is 0 Å². The highest BCUT2D eigenvalue weighted by molar-refractivity contribution is 5.81. The van der Waals surface area contributed by atoms with Crippen molar-refractivity contribution < 1.29 is 29.6 Å². The Morgan fingerprint density at radius 3 is 2.19 bits per heavy atom. The lowest BCUT2D eigenvalue weighted by atomic mass is 9.98. The first-order valence-electron chi connectivity index (χ1n) is 10.2. The fourth-order valence-electron chi connectivity index (χ4n) is 4.11. The number of aliphatic carboxylic acids is 1. The van der Waals surface area contributed by atoms with Crippen molar-refractivity contribution >= 4 is 12.1 Å². The van der Waals surface area contributed by atoms with Crippen LogP contribution >= 0.6 is 0 Å². The third-order valence-corrected chi connectivity index (χ3v) is 5.69. The van der Waals surface area contributed by atoms with Gasteiger partial charge in [-0.15, -0.1) is 0 Å². The Kier molecular flexibility index (Phi) is 6.09. The summed E-state index contributed by atoms with van der Waals surface area (Å²) in [6, 6.07) is 19.1. The van der Waals surface area contributed by atoms with Crippen molar-refractivity contribution in [3.05, 3.63) is 89.0 Å². The number of aromatic hydroxyl groups is 1. The van der Waals surface area contributed by atoms with Crippen LogP contribution in [0.15, 0.2) is 66.7 Å². The molecule has 164 valence electrons.